The van der Waals surface area contributed by atoms with Gasteiger partial charge in [0.2, 0.25) is 15.9 Å². The summed E-state index contributed by atoms with van der Waals surface area (Å²) in [5.41, 5.74) is 0.582. The Morgan fingerprint density at radius 1 is 1.45 bits per heavy atom. The number of amides is 1. The Bertz CT molecular complexity index is 631. The van der Waals surface area contributed by atoms with Crippen molar-refractivity contribution in [2.75, 3.05) is 13.1 Å². The Balaban J connectivity index is 2.45. The van der Waals surface area contributed by atoms with E-state index in [4.69, 9.17) is 11.6 Å². The topological polar surface area (TPSA) is 66.5 Å². The summed E-state index contributed by atoms with van der Waals surface area (Å²) in [6.45, 7) is 4.12. The highest BCUT2D eigenvalue weighted by Crippen LogP contribution is 2.25. The minimum atomic E-state index is -3.69. The minimum absolute atomic E-state index is 0.204. The summed E-state index contributed by atoms with van der Waals surface area (Å²) in [5.74, 6) is -0.242. The van der Waals surface area contributed by atoms with Crippen LogP contribution < -0.4 is 5.32 Å². The molecule has 0 radical (unpaired) electrons. The summed E-state index contributed by atoms with van der Waals surface area (Å²) in [4.78, 5) is 12.0. The average Bonchev–Trinajstić information content (AvgIpc) is 2.37. The molecule has 0 aliphatic carbocycles. The van der Waals surface area contributed by atoms with Crippen LogP contribution in [-0.4, -0.2) is 37.8 Å². The summed E-state index contributed by atoms with van der Waals surface area (Å²) in [6, 6.07) is 4.00. The molecule has 2 rings (SSSR count). The summed E-state index contributed by atoms with van der Waals surface area (Å²) >= 11 is 5.86. The molecule has 5 nitrogen and oxygen atoms in total. The molecule has 20 heavy (non-hydrogen) atoms. The van der Waals surface area contributed by atoms with Gasteiger partial charge in [-0.15, -0.1) is 0 Å². The van der Waals surface area contributed by atoms with E-state index in [9.17, 15) is 13.2 Å². The first-order chi connectivity index (χ1) is 9.37. The molecule has 1 heterocycles. The van der Waals surface area contributed by atoms with Crippen molar-refractivity contribution in [3.63, 3.8) is 0 Å². The Labute approximate surface area is 124 Å². The van der Waals surface area contributed by atoms with E-state index in [1.165, 1.54) is 10.4 Å². The van der Waals surface area contributed by atoms with E-state index >= 15 is 0 Å². The lowest BCUT2D eigenvalue weighted by Gasteiger charge is -2.33. The second kappa shape index (κ2) is 5.71. The Morgan fingerprint density at radius 3 is 2.75 bits per heavy atom. The Hall–Kier alpha value is -1.11. The fourth-order valence-electron chi connectivity index (χ4n) is 2.40. The number of nitrogens with one attached hydrogen (secondary N) is 1. The van der Waals surface area contributed by atoms with Gasteiger partial charge in [-0.1, -0.05) is 18.5 Å². The van der Waals surface area contributed by atoms with Gasteiger partial charge >= 0.3 is 0 Å². The zero-order chi connectivity index (χ0) is 14.9. The van der Waals surface area contributed by atoms with Crippen molar-refractivity contribution >= 4 is 27.5 Å². The third-order valence-corrected chi connectivity index (χ3v) is 5.70. The van der Waals surface area contributed by atoms with Gasteiger partial charge in [0, 0.05) is 18.1 Å². The lowest BCUT2D eigenvalue weighted by Crippen LogP contribution is -2.56. The number of rotatable bonds is 3. The number of hydrogen-bond acceptors (Lipinski definition) is 3. The molecule has 1 unspecified atom stereocenters. The van der Waals surface area contributed by atoms with Crippen molar-refractivity contribution < 1.29 is 13.2 Å². The van der Waals surface area contributed by atoms with Crippen LogP contribution in [0.2, 0.25) is 5.02 Å². The zero-order valence-corrected chi connectivity index (χ0v) is 13.0. The zero-order valence-electron chi connectivity index (χ0n) is 11.4. The molecule has 1 N–H and O–H groups in total. The highest BCUT2D eigenvalue weighted by atomic mass is 35.5. The van der Waals surface area contributed by atoms with E-state index in [-0.39, 0.29) is 17.3 Å². The molecule has 110 valence electrons. The quantitative estimate of drug-likeness (QED) is 0.920. The number of hydrogen-bond donors (Lipinski definition) is 1. The van der Waals surface area contributed by atoms with E-state index in [1.807, 2.05) is 0 Å². The predicted octanol–water partition coefficient (Wildman–Crippen LogP) is 1.55. The number of carbonyl (C=O) groups is 1. The maximum absolute atomic E-state index is 12.7. The van der Waals surface area contributed by atoms with Crippen LogP contribution >= 0.6 is 11.6 Å². The molecule has 1 aliphatic heterocycles. The normalized spacial score (nSPS) is 20.8. The number of aryl methyl sites for hydroxylation is 1. The van der Waals surface area contributed by atoms with E-state index < -0.39 is 16.1 Å². The third kappa shape index (κ3) is 2.68. The molecule has 1 aromatic carbocycles. The largest absolute Gasteiger partial charge is 0.353 e. The summed E-state index contributed by atoms with van der Waals surface area (Å²) < 4.78 is 26.8. The van der Waals surface area contributed by atoms with E-state index in [2.05, 4.69) is 5.32 Å². The van der Waals surface area contributed by atoms with Gasteiger partial charge in [-0.25, -0.2) is 8.42 Å². The average molecular weight is 317 g/mol. The Kier molecular flexibility index (Phi) is 4.36. The molecular formula is C13H17ClN2O3S. The maximum Gasteiger partial charge on any atom is 0.244 e. The van der Waals surface area contributed by atoms with Crippen molar-refractivity contribution in [2.24, 2.45) is 0 Å². The maximum atomic E-state index is 12.7. The van der Waals surface area contributed by atoms with Crippen LogP contribution in [0.3, 0.4) is 0 Å². The van der Waals surface area contributed by atoms with Crippen LogP contribution in [0.25, 0.3) is 0 Å². The predicted molar refractivity (Wildman–Crippen MR) is 77.2 cm³/mol. The van der Waals surface area contributed by atoms with Crippen LogP contribution in [0, 0.1) is 6.92 Å². The van der Waals surface area contributed by atoms with Gasteiger partial charge < -0.3 is 5.32 Å². The molecule has 1 saturated heterocycles. The van der Waals surface area contributed by atoms with Gasteiger partial charge in [-0.2, -0.15) is 4.31 Å². The molecule has 1 fully saturated rings. The fraction of sp³-hybridized carbons (Fsp3) is 0.462. The van der Waals surface area contributed by atoms with Crippen LogP contribution in [0.15, 0.2) is 23.1 Å². The molecule has 0 spiro atoms. The Morgan fingerprint density at radius 2 is 2.15 bits per heavy atom. The van der Waals surface area contributed by atoms with Gasteiger partial charge in [-0.05, 0) is 37.1 Å². The van der Waals surface area contributed by atoms with Crippen molar-refractivity contribution in [3.8, 4) is 0 Å². The molecule has 7 heteroatoms. The number of carbonyl (C=O) groups excluding carboxylic acids is 1. The number of piperazine rings is 1. The van der Waals surface area contributed by atoms with E-state index in [0.29, 0.717) is 23.6 Å². The second-order valence-electron chi connectivity index (χ2n) is 4.74. The number of benzene rings is 1. The van der Waals surface area contributed by atoms with Crippen LogP contribution in [0.1, 0.15) is 18.9 Å². The number of halogens is 1. The van der Waals surface area contributed by atoms with Gasteiger partial charge in [0.15, 0.2) is 0 Å². The minimum Gasteiger partial charge on any atom is -0.353 e. The molecular weight excluding hydrogens is 300 g/mol. The lowest BCUT2D eigenvalue weighted by molar-refractivity contribution is -0.126. The first-order valence-electron chi connectivity index (χ1n) is 6.43. The summed E-state index contributed by atoms with van der Waals surface area (Å²) in [5, 5.41) is 3.18. The van der Waals surface area contributed by atoms with Gasteiger partial charge in [-0.3, -0.25) is 4.79 Å². The van der Waals surface area contributed by atoms with Crippen molar-refractivity contribution in [3.05, 3.63) is 28.8 Å². The molecule has 0 bridgehead atoms. The van der Waals surface area contributed by atoms with Gasteiger partial charge in [0.05, 0.1) is 4.90 Å². The van der Waals surface area contributed by atoms with E-state index in [1.54, 1.807) is 26.0 Å². The molecule has 1 atom stereocenters. The molecule has 1 aliphatic rings. The fourth-order valence-corrected chi connectivity index (χ4v) is 4.50. The van der Waals surface area contributed by atoms with Crippen molar-refractivity contribution in [1.82, 2.24) is 9.62 Å². The van der Waals surface area contributed by atoms with Gasteiger partial charge in [0.25, 0.3) is 0 Å². The molecule has 0 saturated carbocycles. The second-order valence-corrected chi connectivity index (χ2v) is 7.04. The van der Waals surface area contributed by atoms with Crippen LogP contribution in [0.5, 0.6) is 0 Å². The summed E-state index contributed by atoms with van der Waals surface area (Å²) in [6.07, 6.45) is 0.442. The first kappa shape index (κ1) is 15.3. The number of nitrogens with zero attached hydrogens (tertiary/aromatic N) is 1. The van der Waals surface area contributed by atoms with Crippen molar-refractivity contribution in [2.45, 2.75) is 31.2 Å². The highest BCUT2D eigenvalue weighted by Gasteiger charge is 2.37. The highest BCUT2D eigenvalue weighted by molar-refractivity contribution is 7.89. The molecule has 1 amide bonds. The summed E-state index contributed by atoms with van der Waals surface area (Å²) in [7, 11) is -3.69. The van der Waals surface area contributed by atoms with Gasteiger partial charge in [0.1, 0.15) is 6.04 Å². The lowest BCUT2D eigenvalue weighted by atomic mass is 10.2. The van der Waals surface area contributed by atoms with Crippen LogP contribution in [0.4, 0.5) is 0 Å². The first-order valence-corrected chi connectivity index (χ1v) is 8.25. The van der Waals surface area contributed by atoms with Crippen molar-refractivity contribution in [1.29, 1.82) is 0 Å². The van der Waals surface area contributed by atoms with Crippen LogP contribution in [-0.2, 0) is 14.8 Å². The monoisotopic (exact) mass is 316 g/mol. The smallest absolute Gasteiger partial charge is 0.244 e. The third-order valence-electron chi connectivity index (χ3n) is 3.39. The van der Waals surface area contributed by atoms with E-state index in [0.717, 1.165) is 0 Å². The molecule has 0 aromatic heterocycles. The standard InChI is InChI=1S/C13H17ClN2O3S/c1-3-11-13(17)15-6-7-16(11)20(18,19)12-5-4-10(14)8-9(12)2/h4-5,8,11H,3,6-7H2,1-2H3,(H,15,17). The molecule has 1 aromatic rings. The number of sulfonamides is 1. The SMILES string of the molecule is CCC1C(=O)NCCN1S(=O)(=O)c1ccc(Cl)cc1C.